The number of hydrogen-bond donors (Lipinski definition) is 3. The molecule has 10 heteroatoms. The molecule has 3 unspecified atom stereocenters. The molecule has 2 heterocycles. The first-order chi connectivity index (χ1) is 10.8. The molecule has 0 bridgehead atoms. The molecule has 0 saturated heterocycles. The van der Waals surface area contributed by atoms with Gasteiger partial charge in [-0.1, -0.05) is 0 Å². The Morgan fingerprint density at radius 2 is 1.70 bits per heavy atom. The van der Waals surface area contributed by atoms with Crippen molar-refractivity contribution in [2.24, 2.45) is 4.99 Å². The molecule has 0 amide bonds. The average Bonchev–Trinajstić information content (AvgIpc) is 2.46. The Morgan fingerprint density at radius 1 is 1.17 bits per heavy atom. The van der Waals surface area contributed by atoms with Crippen LogP contribution >= 0.6 is 0 Å². The summed E-state index contributed by atoms with van der Waals surface area (Å²) in [7, 11) is 1.00. The van der Waals surface area contributed by atoms with E-state index >= 15 is 0 Å². The Balaban J connectivity index is 0.00000127. The van der Waals surface area contributed by atoms with Gasteiger partial charge in [-0.15, -0.1) is 0 Å². The summed E-state index contributed by atoms with van der Waals surface area (Å²) in [5.41, 5.74) is -1.14. The average molecular weight is 340 g/mol. The van der Waals surface area contributed by atoms with Crippen molar-refractivity contribution in [3.63, 3.8) is 0 Å². The van der Waals surface area contributed by atoms with Crippen molar-refractivity contribution in [2.45, 2.75) is 38.2 Å². The van der Waals surface area contributed by atoms with E-state index in [0.717, 1.165) is 7.11 Å². The molecule has 1 aliphatic rings. The van der Waals surface area contributed by atoms with Crippen LogP contribution in [0.5, 0.6) is 0 Å². The van der Waals surface area contributed by atoms with Crippen molar-refractivity contribution in [1.82, 2.24) is 4.98 Å². The zero-order valence-corrected chi connectivity index (χ0v) is 12.3. The normalized spacial score (nSPS) is 21.7. The van der Waals surface area contributed by atoms with Crippen molar-refractivity contribution < 1.29 is 37.6 Å². The Kier molecular flexibility index (Phi) is 6.85. The standard InChI is InChI=1S/C12H12F4N2O3.CH4O/c1-4-17-5(3-7(20)21-4)2-6(19)8-9(13)11(15)18-12(16)10(8)14;1-2/h5-7,19-20H,2-3H2,1H3;2H,1H3. The van der Waals surface area contributed by atoms with Crippen LogP contribution in [-0.2, 0) is 4.74 Å². The lowest BCUT2D eigenvalue weighted by Crippen LogP contribution is -2.29. The summed E-state index contributed by atoms with van der Waals surface area (Å²) in [4.78, 5) is 6.33. The summed E-state index contributed by atoms with van der Waals surface area (Å²) < 4.78 is 57.8. The topological polar surface area (TPSA) is 95.2 Å². The fraction of sp³-hybridized carbons (Fsp3) is 0.538. The van der Waals surface area contributed by atoms with Gasteiger partial charge in [0.15, 0.2) is 17.5 Å². The Hall–Kier alpha value is -1.78. The van der Waals surface area contributed by atoms with Crippen LogP contribution in [0.2, 0.25) is 0 Å². The lowest BCUT2D eigenvalue weighted by atomic mass is 9.99. The first-order valence-corrected chi connectivity index (χ1v) is 6.51. The van der Waals surface area contributed by atoms with E-state index in [2.05, 4.69) is 9.98 Å². The minimum Gasteiger partial charge on any atom is -0.453 e. The van der Waals surface area contributed by atoms with Gasteiger partial charge in [0.1, 0.15) is 0 Å². The van der Waals surface area contributed by atoms with Gasteiger partial charge in [-0.05, 0) is 0 Å². The lowest BCUT2D eigenvalue weighted by Gasteiger charge is -2.25. The largest absolute Gasteiger partial charge is 0.453 e. The molecular formula is C13H16F4N2O4. The highest BCUT2D eigenvalue weighted by Crippen LogP contribution is 2.29. The fourth-order valence-electron chi connectivity index (χ4n) is 2.14. The highest BCUT2D eigenvalue weighted by atomic mass is 19.2. The van der Waals surface area contributed by atoms with Gasteiger partial charge in [-0.3, -0.25) is 4.99 Å². The van der Waals surface area contributed by atoms with Crippen LogP contribution < -0.4 is 0 Å². The van der Waals surface area contributed by atoms with Gasteiger partial charge in [0.05, 0.1) is 17.7 Å². The number of aliphatic hydroxyl groups is 3. The minimum atomic E-state index is -1.84. The van der Waals surface area contributed by atoms with Crippen LogP contribution in [0.4, 0.5) is 17.6 Å². The second-order valence-corrected chi connectivity index (χ2v) is 4.60. The predicted octanol–water partition coefficient (Wildman–Crippen LogP) is 1.20. The van der Waals surface area contributed by atoms with Crippen molar-refractivity contribution in [3.8, 4) is 0 Å². The van der Waals surface area contributed by atoms with Gasteiger partial charge < -0.3 is 20.1 Å². The van der Waals surface area contributed by atoms with Crippen LogP contribution in [0.3, 0.4) is 0 Å². The van der Waals surface area contributed by atoms with Gasteiger partial charge in [0.25, 0.3) is 11.9 Å². The van der Waals surface area contributed by atoms with Crippen LogP contribution in [0.25, 0.3) is 0 Å². The van der Waals surface area contributed by atoms with Crippen LogP contribution in [0.15, 0.2) is 4.99 Å². The molecule has 2 rings (SSSR count). The van der Waals surface area contributed by atoms with E-state index in [1.807, 2.05) is 0 Å². The maximum atomic E-state index is 13.5. The molecule has 6 nitrogen and oxygen atoms in total. The molecular weight excluding hydrogens is 324 g/mol. The fourth-order valence-corrected chi connectivity index (χ4v) is 2.14. The molecule has 1 aromatic rings. The molecule has 23 heavy (non-hydrogen) atoms. The summed E-state index contributed by atoms with van der Waals surface area (Å²) in [6.07, 6.45) is -3.37. The maximum Gasteiger partial charge on any atom is 0.252 e. The van der Waals surface area contributed by atoms with E-state index in [-0.39, 0.29) is 18.7 Å². The zero-order valence-electron chi connectivity index (χ0n) is 12.3. The van der Waals surface area contributed by atoms with E-state index in [1.165, 1.54) is 6.92 Å². The summed E-state index contributed by atoms with van der Waals surface area (Å²) in [6.45, 7) is 1.45. The lowest BCUT2D eigenvalue weighted by molar-refractivity contribution is -0.0507. The van der Waals surface area contributed by atoms with Gasteiger partial charge in [-0.2, -0.15) is 13.8 Å². The molecule has 1 aliphatic heterocycles. The van der Waals surface area contributed by atoms with Crippen LogP contribution in [0.1, 0.15) is 31.4 Å². The molecule has 3 atom stereocenters. The van der Waals surface area contributed by atoms with Crippen LogP contribution in [-0.4, -0.2) is 45.6 Å². The third-order valence-corrected chi connectivity index (χ3v) is 3.00. The first-order valence-electron chi connectivity index (χ1n) is 6.51. The molecule has 1 aromatic heterocycles. The number of aliphatic hydroxyl groups excluding tert-OH is 3. The number of hydrogen-bond acceptors (Lipinski definition) is 6. The molecule has 0 aliphatic carbocycles. The number of aromatic nitrogens is 1. The smallest absolute Gasteiger partial charge is 0.252 e. The Bertz CT molecular complexity index is 559. The third-order valence-electron chi connectivity index (χ3n) is 3.00. The number of aliphatic imine (C=N–C) groups is 1. The summed E-state index contributed by atoms with van der Waals surface area (Å²) in [6, 6.07) is -0.707. The quantitative estimate of drug-likeness (QED) is 0.568. The van der Waals surface area contributed by atoms with Gasteiger partial charge in [0, 0.05) is 26.9 Å². The highest BCUT2D eigenvalue weighted by molar-refractivity contribution is 5.73. The predicted molar refractivity (Wildman–Crippen MR) is 70.4 cm³/mol. The highest BCUT2D eigenvalue weighted by Gasteiger charge is 2.30. The summed E-state index contributed by atoms with van der Waals surface area (Å²) in [5.74, 6) is -7.05. The SMILES string of the molecule is CC1=NC(CC(O)c2c(F)c(F)nc(F)c2F)CC(O)O1.CO. The monoisotopic (exact) mass is 340 g/mol. The zero-order chi connectivity index (χ0) is 17.7. The van der Waals surface area contributed by atoms with Crippen molar-refractivity contribution in [2.75, 3.05) is 7.11 Å². The number of halogens is 4. The first kappa shape index (κ1) is 19.3. The Labute approximate surface area is 129 Å². The van der Waals surface area contributed by atoms with Crippen molar-refractivity contribution >= 4 is 5.90 Å². The number of nitrogens with zero attached hydrogens (tertiary/aromatic N) is 2. The van der Waals surface area contributed by atoms with E-state index in [0.29, 0.717) is 0 Å². The molecule has 0 radical (unpaired) electrons. The second-order valence-electron chi connectivity index (χ2n) is 4.60. The minimum absolute atomic E-state index is 0.0202. The maximum absolute atomic E-state index is 13.5. The third kappa shape index (κ3) is 4.60. The summed E-state index contributed by atoms with van der Waals surface area (Å²) >= 11 is 0. The molecule has 130 valence electrons. The molecule has 3 N–H and O–H groups in total. The van der Waals surface area contributed by atoms with E-state index in [1.54, 1.807) is 0 Å². The van der Waals surface area contributed by atoms with Crippen molar-refractivity contribution in [3.05, 3.63) is 29.1 Å². The molecule has 0 aromatic carbocycles. The summed E-state index contributed by atoms with van der Waals surface area (Å²) in [5, 5.41) is 26.2. The van der Waals surface area contributed by atoms with Crippen molar-refractivity contribution in [1.29, 1.82) is 0 Å². The molecule has 0 saturated carbocycles. The number of ether oxygens (including phenoxy) is 1. The number of rotatable bonds is 3. The van der Waals surface area contributed by atoms with Gasteiger partial charge in [0.2, 0.25) is 6.29 Å². The van der Waals surface area contributed by atoms with Crippen LogP contribution in [0, 0.1) is 23.5 Å². The molecule has 0 fully saturated rings. The number of pyridine rings is 1. The van der Waals surface area contributed by atoms with E-state index in [4.69, 9.17) is 9.84 Å². The van der Waals surface area contributed by atoms with Gasteiger partial charge in [-0.25, -0.2) is 8.78 Å². The van der Waals surface area contributed by atoms with E-state index in [9.17, 15) is 27.8 Å². The second kappa shape index (κ2) is 8.18. The Morgan fingerprint density at radius 3 is 2.17 bits per heavy atom. The van der Waals surface area contributed by atoms with Gasteiger partial charge >= 0.3 is 0 Å². The van der Waals surface area contributed by atoms with E-state index < -0.39 is 47.5 Å². The molecule has 0 spiro atoms.